The van der Waals surface area contributed by atoms with Crippen LogP contribution < -0.4 is 10.6 Å². The average Bonchev–Trinajstić information content (AvgIpc) is 2.70. The summed E-state index contributed by atoms with van der Waals surface area (Å²) in [7, 11) is 0. The fourth-order valence-corrected chi connectivity index (χ4v) is 3.49. The number of hydrogen-bond donors (Lipinski definition) is 2. The molecule has 1 aliphatic rings. The summed E-state index contributed by atoms with van der Waals surface area (Å²) in [5.41, 5.74) is 1.67. The highest BCUT2D eigenvalue weighted by Gasteiger charge is 2.23. The summed E-state index contributed by atoms with van der Waals surface area (Å²) in [6.07, 6.45) is 2.48. The molecule has 0 radical (unpaired) electrons. The summed E-state index contributed by atoms with van der Waals surface area (Å²) in [5.74, 6) is -1.14. The first-order valence-corrected chi connectivity index (χ1v) is 9.78. The number of hydrogen-bond acceptors (Lipinski definition) is 2. The third-order valence-corrected chi connectivity index (χ3v) is 5.19. The maximum absolute atomic E-state index is 13.7. The molecular formula is C22H25F2N3O2. The molecule has 0 saturated carbocycles. The van der Waals surface area contributed by atoms with E-state index in [2.05, 4.69) is 10.6 Å². The van der Waals surface area contributed by atoms with E-state index >= 15 is 0 Å². The van der Waals surface area contributed by atoms with Crippen molar-refractivity contribution in [3.8, 4) is 0 Å². The van der Waals surface area contributed by atoms with Gasteiger partial charge in [0.2, 0.25) is 0 Å². The molecule has 0 atom stereocenters. The second-order valence-corrected chi connectivity index (χ2v) is 7.40. The molecule has 29 heavy (non-hydrogen) atoms. The van der Waals surface area contributed by atoms with E-state index < -0.39 is 11.6 Å². The normalized spacial score (nSPS) is 14.5. The molecule has 1 heterocycles. The Bertz CT molecular complexity index is 880. The second kappa shape index (κ2) is 9.49. The van der Waals surface area contributed by atoms with Crippen LogP contribution in [-0.2, 0) is 0 Å². The average molecular weight is 401 g/mol. The molecule has 7 heteroatoms. The predicted molar refractivity (Wildman–Crippen MR) is 108 cm³/mol. The molecule has 0 aliphatic carbocycles. The zero-order valence-corrected chi connectivity index (χ0v) is 16.4. The molecular weight excluding hydrogens is 376 g/mol. The van der Waals surface area contributed by atoms with Gasteiger partial charge in [0.25, 0.3) is 5.91 Å². The number of amides is 3. The minimum absolute atomic E-state index is 0.0302. The van der Waals surface area contributed by atoms with Gasteiger partial charge in [0, 0.05) is 31.3 Å². The summed E-state index contributed by atoms with van der Waals surface area (Å²) < 4.78 is 26.6. The maximum Gasteiger partial charge on any atom is 0.321 e. The van der Waals surface area contributed by atoms with Crippen molar-refractivity contribution in [2.75, 3.05) is 25.0 Å². The van der Waals surface area contributed by atoms with Crippen LogP contribution in [0.5, 0.6) is 0 Å². The van der Waals surface area contributed by atoms with Gasteiger partial charge in [-0.05, 0) is 56.4 Å². The van der Waals surface area contributed by atoms with Crippen LogP contribution in [0.25, 0.3) is 0 Å². The Morgan fingerprint density at radius 2 is 1.86 bits per heavy atom. The Balaban J connectivity index is 1.40. The van der Waals surface area contributed by atoms with Crippen LogP contribution in [0.15, 0.2) is 42.5 Å². The summed E-state index contributed by atoms with van der Waals surface area (Å²) >= 11 is 0. The van der Waals surface area contributed by atoms with Gasteiger partial charge < -0.3 is 15.5 Å². The Hall–Kier alpha value is -2.96. The van der Waals surface area contributed by atoms with Gasteiger partial charge in [-0.2, -0.15) is 0 Å². The Morgan fingerprint density at radius 3 is 2.55 bits per heavy atom. The maximum atomic E-state index is 13.7. The van der Waals surface area contributed by atoms with Crippen LogP contribution in [0.2, 0.25) is 0 Å². The van der Waals surface area contributed by atoms with E-state index in [1.807, 2.05) is 25.1 Å². The standard InChI is InChI=1S/C22H25F2N3O2/c1-15-3-2-4-17(13-15)21(28)25-10-7-16-8-11-27(12-9-16)22(29)26-20-6-5-18(23)14-19(20)24/h2-6,13-14,16H,7-12H2,1H3,(H,25,28)(H,26,29). The van der Waals surface area contributed by atoms with Gasteiger partial charge in [0.05, 0.1) is 5.69 Å². The topological polar surface area (TPSA) is 61.4 Å². The van der Waals surface area contributed by atoms with Crippen molar-refractivity contribution < 1.29 is 18.4 Å². The van der Waals surface area contributed by atoms with Crippen LogP contribution in [0.1, 0.15) is 35.2 Å². The first kappa shape index (κ1) is 20.8. The lowest BCUT2D eigenvalue weighted by Crippen LogP contribution is -2.41. The molecule has 2 aromatic carbocycles. The zero-order chi connectivity index (χ0) is 20.8. The van der Waals surface area contributed by atoms with Gasteiger partial charge in [0.1, 0.15) is 11.6 Å². The van der Waals surface area contributed by atoms with Crippen molar-refractivity contribution in [1.29, 1.82) is 0 Å². The summed E-state index contributed by atoms with van der Waals surface area (Å²) in [6.45, 7) is 3.66. The molecule has 3 rings (SSSR count). The fourth-order valence-electron chi connectivity index (χ4n) is 3.49. The molecule has 0 bridgehead atoms. The molecule has 3 amide bonds. The van der Waals surface area contributed by atoms with Crippen molar-refractivity contribution in [2.24, 2.45) is 5.92 Å². The van der Waals surface area contributed by atoms with Crippen molar-refractivity contribution in [1.82, 2.24) is 10.2 Å². The number of likely N-dealkylation sites (tertiary alicyclic amines) is 1. The number of aryl methyl sites for hydroxylation is 1. The fraction of sp³-hybridized carbons (Fsp3) is 0.364. The van der Waals surface area contributed by atoms with E-state index in [-0.39, 0.29) is 17.6 Å². The molecule has 2 N–H and O–H groups in total. The number of anilines is 1. The number of rotatable bonds is 5. The van der Waals surface area contributed by atoms with Crippen LogP contribution in [0, 0.1) is 24.5 Å². The Labute approximate surface area is 169 Å². The number of halogens is 2. The van der Waals surface area contributed by atoms with Gasteiger partial charge in [0.15, 0.2) is 0 Å². The lowest BCUT2D eigenvalue weighted by Gasteiger charge is -2.32. The van der Waals surface area contributed by atoms with Gasteiger partial charge in [-0.1, -0.05) is 17.7 Å². The van der Waals surface area contributed by atoms with Gasteiger partial charge >= 0.3 is 6.03 Å². The number of benzene rings is 2. The van der Waals surface area contributed by atoms with E-state index in [4.69, 9.17) is 0 Å². The third-order valence-electron chi connectivity index (χ3n) is 5.19. The van der Waals surface area contributed by atoms with E-state index in [0.29, 0.717) is 31.1 Å². The molecule has 0 aromatic heterocycles. The minimum atomic E-state index is -0.794. The molecule has 1 fully saturated rings. The SMILES string of the molecule is Cc1cccc(C(=O)NCCC2CCN(C(=O)Nc3ccc(F)cc3F)CC2)c1. The van der Waals surface area contributed by atoms with Crippen LogP contribution in [0.4, 0.5) is 19.3 Å². The molecule has 0 unspecified atom stereocenters. The molecule has 154 valence electrons. The number of piperidine rings is 1. The first-order chi connectivity index (χ1) is 13.9. The highest BCUT2D eigenvalue weighted by molar-refractivity contribution is 5.94. The Morgan fingerprint density at radius 1 is 1.10 bits per heavy atom. The minimum Gasteiger partial charge on any atom is -0.352 e. The summed E-state index contributed by atoms with van der Waals surface area (Å²) in [4.78, 5) is 26.1. The lowest BCUT2D eigenvalue weighted by atomic mass is 9.93. The number of nitrogens with one attached hydrogen (secondary N) is 2. The number of carbonyl (C=O) groups is 2. The second-order valence-electron chi connectivity index (χ2n) is 7.40. The van der Waals surface area contributed by atoms with E-state index in [1.165, 1.54) is 6.07 Å². The largest absolute Gasteiger partial charge is 0.352 e. The monoisotopic (exact) mass is 401 g/mol. The molecule has 0 spiro atoms. The van der Waals surface area contributed by atoms with Gasteiger partial charge in [-0.3, -0.25) is 4.79 Å². The lowest BCUT2D eigenvalue weighted by molar-refractivity contribution is 0.0949. The summed E-state index contributed by atoms with van der Waals surface area (Å²) in [5, 5.41) is 5.44. The highest BCUT2D eigenvalue weighted by Crippen LogP contribution is 2.22. The van der Waals surface area contributed by atoms with Crippen LogP contribution >= 0.6 is 0 Å². The van der Waals surface area contributed by atoms with Crippen molar-refractivity contribution in [2.45, 2.75) is 26.2 Å². The van der Waals surface area contributed by atoms with Gasteiger partial charge in [-0.25, -0.2) is 13.6 Å². The molecule has 2 aromatic rings. The number of nitrogens with zero attached hydrogens (tertiary/aromatic N) is 1. The molecule has 1 saturated heterocycles. The molecule has 5 nitrogen and oxygen atoms in total. The number of urea groups is 1. The quantitative estimate of drug-likeness (QED) is 0.783. The van der Waals surface area contributed by atoms with Crippen molar-refractivity contribution >= 4 is 17.6 Å². The van der Waals surface area contributed by atoms with E-state index in [0.717, 1.165) is 37.0 Å². The van der Waals surface area contributed by atoms with Crippen LogP contribution in [0.3, 0.4) is 0 Å². The number of carbonyl (C=O) groups excluding carboxylic acids is 2. The van der Waals surface area contributed by atoms with E-state index in [1.54, 1.807) is 11.0 Å². The highest BCUT2D eigenvalue weighted by atomic mass is 19.1. The smallest absolute Gasteiger partial charge is 0.321 e. The molecule has 1 aliphatic heterocycles. The summed E-state index contributed by atoms with van der Waals surface area (Å²) in [6, 6.07) is 10.1. The van der Waals surface area contributed by atoms with Crippen molar-refractivity contribution in [3.63, 3.8) is 0 Å². The van der Waals surface area contributed by atoms with E-state index in [9.17, 15) is 18.4 Å². The third kappa shape index (κ3) is 5.76. The zero-order valence-electron chi connectivity index (χ0n) is 16.4. The van der Waals surface area contributed by atoms with Gasteiger partial charge in [-0.15, -0.1) is 0 Å². The van der Waals surface area contributed by atoms with Crippen molar-refractivity contribution in [3.05, 3.63) is 65.2 Å². The Kier molecular flexibility index (Phi) is 6.80. The first-order valence-electron chi connectivity index (χ1n) is 9.78. The predicted octanol–water partition coefficient (Wildman–Crippen LogP) is 4.34. The van der Waals surface area contributed by atoms with Crippen LogP contribution in [-0.4, -0.2) is 36.5 Å².